The highest BCUT2D eigenvalue weighted by Crippen LogP contribution is 2.34. The lowest BCUT2D eigenvalue weighted by Gasteiger charge is -2.38. The molecule has 2 heterocycles. The van der Waals surface area contributed by atoms with E-state index in [4.69, 9.17) is 0 Å². The van der Waals surface area contributed by atoms with Crippen molar-refractivity contribution in [1.29, 1.82) is 0 Å². The van der Waals surface area contributed by atoms with Gasteiger partial charge in [-0.2, -0.15) is 4.31 Å². The fraction of sp³-hybridized carbons (Fsp3) is 0.600. The summed E-state index contributed by atoms with van der Waals surface area (Å²) in [4.78, 5) is 8.50. The Morgan fingerprint density at radius 3 is 2.65 bits per heavy atom. The zero-order chi connectivity index (χ0) is 12.6. The predicted octanol–water partition coefficient (Wildman–Crippen LogP) is 0.533. The summed E-state index contributed by atoms with van der Waals surface area (Å²) in [6.45, 7) is 2.37. The molecule has 1 unspecified atom stereocenters. The minimum Gasteiger partial charge on any atom is -0.373 e. The van der Waals surface area contributed by atoms with Crippen LogP contribution in [0.1, 0.15) is 24.0 Å². The van der Waals surface area contributed by atoms with Crippen LogP contribution in [0.25, 0.3) is 0 Å². The normalized spacial score (nSPS) is 21.0. The molecule has 1 aromatic heterocycles. The van der Waals surface area contributed by atoms with E-state index in [2.05, 4.69) is 15.3 Å². The highest BCUT2D eigenvalue weighted by Gasteiger charge is 2.37. The van der Waals surface area contributed by atoms with Gasteiger partial charge in [0.2, 0.25) is 10.0 Å². The summed E-state index contributed by atoms with van der Waals surface area (Å²) in [6.07, 6.45) is 2.04. The van der Waals surface area contributed by atoms with Crippen molar-refractivity contribution < 1.29 is 8.42 Å². The third-order valence-electron chi connectivity index (χ3n) is 2.85. The zero-order valence-electron chi connectivity index (χ0n) is 10.1. The minimum absolute atomic E-state index is 0.140. The fourth-order valence-electron chi connectivity index (χ4n) is 1.95. The highest BCUT2D eigenvalue weighted by molar-refractivity contribution is 7.88. The summed E-state index contributed by atoms with van der Waals surface area (Å²) in [6, 6.07) is 1.66. The number of nitrogens with one attached hydrogen (secondary N) is 1. The molecule has 1 aliphatic rings. The molecular formula is C10H16N4O2S. The second kappa shape index (κ2) is 4.23. The van der Waals surface area contributed by atoms with Gasteiger partial charge in [0.1, 0.15) is 11.6 Å². The van der Waals surface area contributed by atoms with Gasteiger partial charge in [0.05, 0.1) is 18.0 Å². The molecule has 0 amide bonds. The molecule has 6 nitrogen and oxygen atoms in total. The van der Waals surface area contributed by atoms with Crippen LogP contribution in [0.2, 0.25) is 0 Å². The Balaban J connectivity index is 2.32. The van der Waals surface area contributed by atoms with E-state index in [1.54, 1.807) is 20.0 Å². The summed E-state index contributed by atoms with van der Waals surface area (Å²) in [7, 11) is -1.36. The Morgan fingerprint density at radius 1 is 1.47 bits per heavy atom. The summed E-state index contributed by atoms with van der Waals surface area (Å²) in [5.74, 6) is 1.36. The zero-order valence-corrected chi connectivity index (χ0v) is 11.0. The van der Waals surface area contributed by atoms with Crippen molar-refractivity contribution in [3.05, 3.63) is 17.6 Å². The standard InChI is InChI=1S/C10H16N4O2S/c1-7-12-8(6-10(11-2)13-7)9-4-5-14(9)17(3,15)16/h6,9H,4-5H2,1-3H3,(H,11,12,13). The lowest BCUT2D eigenvalue weighted by atomic mass is 10.0. The summed E-state index contributed by atoms with van der Waals surface area (Å²) >= 11 is 0. The quantitative estimate of drug-likeness (QED) is 0.854. The third-order valence-corrected chi connectivity index (χ3v) is 4.14. The second-order valence-electron chi connectivity index (χ2n) is 4.15. The molecule has 1 aliphatic heterocycles. The molecule has 0 bridgehead atoms. The van der Waals surface area contributed by atoms with Crippen molar-refractivity contribution in [2.24, 2.45) is 0 Å². The number of hydrogen-bond acceptors (Lipinski definition) is 5. The minimum atomic E-state index is -3.14. The Morgan fingerprint density at radius 2 is 2.18 bits per heavy atom. The molecule has 0 radical (unpaired) electrons. The predicted molar refractivity (Wildman–Crippen MR) is 65.2 cm³/mol. The van der Waals surface area contributed by atoms with Gasteiger partial charge in [-0.25, -0.2) is 18.4 Å². The maximum Gasteiger partial charge on any atom is 0.211 e. The van der Waals surface area contributed by atoms with Gasteiger partial charge in [-0.05, 0) is 13.3 Å². The number of hydrogen-bond donors (Lipinski definition) is 1. The SMILES string of the molecule is CNc1cc(C2CCN2S(C)(=O)=O)nc(C)n1. The van der Waals surface area contributed by atoms with Gasteiger partial charge in [0, 0.05) is 19.7 Å². The molecule has 0 saturated carbocycles. The Bertz CT molecular complexity index is 529. The molecule has 7 heteroatoms. The van der Waals surface area contributed by atoms with E-state index in [0.29, 0.717) is 18.2 Å². The fourth-order valence-corrected chi connectivity index (χ4v) is 3.06. The van der Waals surface area contributed by atoms with Crippen LogP contribution >= 0.6 is 0 Å². The smallest absolute Gasteiger partial charge is 0.211 e. The molecule has 1 fully saturated rings. The Labute approximate surface area is 101 Å². The lowest BCUT2D eigenvalue weighted by Crippen LogP contribution is -2.44. The van der Waals surface area contributed by atoms with Crippen molar-refractivity contribution in [1.82, 2.24) is 14.3 Å². The second-order valence-corrected chi connectivity index (χ2v) is 6.09. The van der Waals surface area contributed by atoms with Crippen molar-refractivity contribution in [2.75, 3.05) is 25.2 Å². The number of anilines is 1. The lowest BCUT2D eigenvalue weighted by molar-refractivity contribution is 0.199. The van der Waals surface area contributed by atoms with Crippen molar-refractivity contribution in [3.8, 4) is 0 Å². The first-order chi connectivity index (χ1) is 7.91. The van der Waals surface area contributed by atoms with Gasteiger partial charge < -0.3 is 5.32 Å². The molecule has 0 aromatic carbocycles. The highest BCUT2D eigenvalue weighted by atomic mass is 32.2. The number of sulfonamides is 1. The summed E-state index contributed by atoms with van der Waals surface area (Å²) in [5.41, 5.74) is 0.763. The molecule has 1 atom stereocenters. The number of rotatable bonds is 3. The first-order valence-corrected chi connectivity index (χ1v) is 7.27. The van der Waals surface area contributed by atoms with Crippen molar-refractivity contribution in [2.45, 2.75) is 19.4 Å². The number of aryl methyl sites for hydroxylation is 1. The van der Waals surface area contributed by atoms with Gasteiger partial charge >= 0.3 is 0 Å². The maximum atomic E-state index is 11.5. The molecule has 1 N–H and O–H groups in total. The summed E-state index contributed by atoms with van der Waals surface area (Å²) < 4.78 is 24.5. The Hall–Kier alpha value is -1.21. The van der Waals surface area contributed by atoms with Crippen LogP contribution in [0, 0.1) is 6.92 Å². The molecule has 0 spiro atoms. The molecule has 0 aliphatic carbocycles. The monoisotopic (exact) mass is 256 g/mol. The van der Waals surface area contributed by atoms with Gasteiger partial charge in [-0.15, -0.1) is 0 Å². The van der Waals surface area contributed by atoms with Crippen molar-refractivity contribution >= 4 is 15.8 Å². The van der Waals surface area contributed by atoms with E-state index in [-0.39, 0.29) is 6.04 Å². The first kappa shape index (κ1) is 12.3. The van der Waals surface area contributed by atoms with Gasteiger partial charge in [-0.3, -0.25) is 0 Å². The molecule has 94 valence electrons. The van der Waals surface area contributed by atoms with E-state index < -0.39 is 10.0 Å². The largest absolute Gasteiger partial charge is 0.373 e. The van der Waals surface area contributed by atoms with E-state index >= 15 is 0 Å². The van der Waals surface area contributed by atoms with E-state index in [0.717, 1.165) is 12.1 Å². The van der Waals surface area contributed by atoms with E-state index in [1.807, 2.05) is 0 Å². The average molecular weight is 256 g/mol. The van der Waals surface area contributed by atoms with Gasteiger partial charge in [-0.1, -0.05) is 0 Å². The average Bonchev–Trinajstić information content (AvgIpc) is 2.12. The molecule has 2 rings (SSSR count). The molecule has 1 saturated heterocycles. The number of aromatic nitrogens is 2. The van der Waals surface area contributed by atoms with Crippen LogP contribution in [0.5, 0.6) is 0 Å². The Kier molecular flexibility index (Phi) is 3.05. The first-order valence-electron chi connectivity index (χ1n) is 5.42. The summed E-state index contributed by atoms with van der Waals surface area (Å²) in [5, 5.41) is 2.95. The number of nitrogens with zero attached hydrogens (tertiary/aromatic N) is 3. The molecule has 1 aromatic rings. The van der Waals surface area contributed by atoms with Gasteiger partial charge in [0.15, 0.2) is 0 Å². The van der Waals surface area contributed by atoms with Crippen LogP contribution in [-0.4, -0.2) is 42.5 Å². The topological polar surface area (TPSA) is 75.2 Å². The third kappa shape index (κ3) is 2.39. The van der Waals surface area contributed by atoms with E-state index in [9.17, 15) is 8.42 Å². The van der Waals surface area contributed by atoms with Crippen molar-refractivity contribution in [3.63, 3.8) is 0 Å². The molecular weight excluding hydrogens is 240 g/mol. The van der Waals surface area contributed by atoms with Crippen LogP contribution in [0.4, 0.5) is 5.82 Å². The van der Waals surface area contributed by atoms with Crippen LogP contribution < -0.4 is 5.32 Å². The maximum absolute atomic E-state index is 11.5. The van der Waals surface area contributed by atoms with Crippen LogP contribution in [0.3, 0.4) is 0 Å². The van der Waals surface area contributed by atoms with Gasteiger partial charge in [0.25, 0.3) is 0 Å². The van der Waals surface area contributed by atoms with Crippen LogP contribution in [-0.2, 0) is 10.0 Å². The van der Waals surface area contributed by atoms with Crippen LogP contribution in [0.15, 0.2) is 6.07 Å². The molecule has 17 heavy (non-hydrogen) atoms. The van der Waals surface area contributed by atoms with E-state index in [1.165, 1.54) is 10.6 Å².